The maximum absolute atomic E-state index is 9.77. The van der Waals surface area contributed by atoms with Gasteiger partial charge in [-0.05, 0) is 0 Å². The van der Waals surface area contributed by atoms with E-state index in [2.05, 4.69) is 0 Å². The third-order valence-corrected chi connectivity index (χ3v) is 0.805. The summed E-state index contributed by atoms with van der Waals surface area (Å²) in [7, 11) is 0. The number of hydrogen-bond donors (Lipinski definition) is 5. The first-order valence-electron chi connectivity index (χ1n) is 2.67. The second-order valence-electron chi connectivity index (χ2n) is 1.65. The quantitative estimate of drug-likeness (QED) is 0.256. The Morgan fingerprint density at radius 3 is 1.23 bits per heavy atom. The fourth-order valence-corrected chi connectivity index (χ4v) is 0.270. The summed E-state index contributed by atoms with van der Waals surface area (Å²) in [6, 6.07) is 0. The highest BCUT2D eigenvalue weighted by Crippen LogP contribution is 1.92. The Balaban J connectivity index is 0. The third-order valence-electron chi connectivity index (χ3n) is 0.805. The minimum Gasteiger partial charge on any atom is -0.479 e. The lowest BCUT2D eigenvalue weighted by atomic mass is 10.2. The number of carboxylic acid groups (broad SMARTS) is 2. The van der Waals surface area contributed by atoms with Gasteiger partial charge in [-0.2, -0.15) is 0 Å². The molecule has 76 valence electrons. The Morgan fingerprint density at radius 2 is 1.15 bits per heavy atom. The van der Waals surface area contributed by atoms with Gasteiger partial charge in [-0.25, -0.2) is 9.59 Å². The average Bonchev–Trinajstić information content (AvgIpc) is 2.03. The molecular weight excluding hydrogens is 190 g/mol. The normalized spacial score (nSPS) is 13.1. The van der Waals surface area contributed by atoms with E-state index in [4.69, 9.17) is 30.5 Å². The fourth-order valence-electron chi connectivity index (χ4n) is 0.270. The molecule has 5 N–H and O–H groups in total. The SMILES string of the molecule is O=C(O)C(O)C(O)C(=O)O.O=NO. The molecule has 9 heteroatoms. The lowest BCUT2D eigenvalue weighted by Gasteiger charge is -2.07. The molecule has 0 radical (unpaired) electrons. The number of hydrogen-bond acceptors (Lipinski definition) is 6. The zero-order valence-electron chi connectivity index (χ0n) is 6.06. The third kappa shape index (κ3) is 6.65. The van der Waals surface area contributed by atoms with Crippen molar-refractivity contribution in [3.05, 3.63) is 4.91 Å². The number of rotatable bonds is 3. The highest BCUT2D eigenvalue weighted by atomic mass is 16.6. The molecule has 0 saturated carbocycles. The summed E-state index contributed by atoms with van der Waals surface area (Å²) in [4.78, 5) is 27.7. The van der Waals surface area contributed by atoms with E-state index >= 15 is 0 Å². The van der Waals surface area contributed by atoms with E-state index in [0.29, 0.717) is 0 Å². The molecule has 0 rings (SSSR count). The molecule has 0 bridgehead atoms. The summed E-state index contributed by atoms with van der Waals surface area (Å²) >= 11 is 0. The molecular formula is C4H7NO8. The van der Waals surface area contributed by atoms with Crippen molar-refractivity contribution < 1.29 is 35.2 Å². The minimum absolute atomic E-state index is 1.25. The highest BCUT2D eigenvalue weighted by molar-refractivity contribution is 5.82. The number of aliphatic hydroxyl groups is 2. The van der Waals surface area contributed by atoms with Crippen molar-refractivity contribution >= 4 is 11.9 Å². The Labute approximate surface area is 70.8 Å². The molecule has 0 aliphatic heterocycles. The largest absolute Gasteiger partial charge is 0.479 e. The van der Waals surface area contributed by atoms with Gasteiger partial charge >= 0.3 is 11.9 Å². The van der Waals surface area contributed by atoms with Gasteiger partial charge in [-0.1, -0.05) is 0 Å². The molecule has 2 atom stereocenters. The zero-order valence-corrected chi connectivity index (χ0v) is 6.06. The molecule has 0 aromatic heterocycles. The van der Waals surface area contributed by atoms with E-state index in [1.807, 2.05) is 0 Å². The van der Waals surface area contributed by atoms with E-state index in [9.17, 15) is 9.59 Å². The maximum Gasteiger partial charge on any atom is 0.335 e. The monoisotopic (exact) mass is 197 g/mol. The van der Waals surface area contributed by atoms with Crippen LogP contribution >= 0.6 is 0 Å². The molecule has 2 unspecified atom stereocenters. The van der Waals surface area contributed by atoms with Crippen LogP contribution in [0.4, 0.5) is 0 Å². The van der Waals surface area contributed by atoms with Crippen LogP contribution in [-0.2, 0) is 9.59 Å². The molecule has 13 heavy (non-hydrogen) atoms. The first kappa shape index (κ1) is 13.8. The second-order valence-corrected chi connectivity index (χ2v) is 1.65. The summed E-state index contributed by atoms with van der Waals surface area (Å²) in [5.41, 5.74) is 0. The van der Waals surface area contributed by atoms with Crippen molar-refractivity contribution in [2.45, 2.75) is 12.2 Å². The summed E-state index contributed by atoms with van der Waals surface area (Å²) < 4.78 is 0. The van der Waals surface area contributed by atoms with Crippen LogP contribution in [0.25, 0.3) is 0 Å². The number of carbonyl (C=O) groups is 2. The van der Waals surface area contributed by atoms with Crippen LogP contribution in [0.15, 0.2) is 5.34 Å². The van der Waals surface area contributed by atoms with Gasteiger partial charge in [0.05, 0.1) is 0 Å². The fraction of sp³-hybridized carbons (Fsp3) is 0.500. The Kier molecular flexibility index (Phi) is 7.38. The molecule has 0 heterocycles. The second kappa shape index (κ2) is 6.94. The van der Waals surface area contributed by atoms with Crippen molar-refractivity contribution in [2.24, 2.45) is 5.34 Å². The molecule has 0 fully saturated rings. The van der Waals surface area contributed by atoms with E-state index in [-0.39, 0.29) is 0 Å². The first-order valence-corrected chi connectivity index (χ1v) is 2.67. The van der Waals surface area contributed by atoms with Crippen molar-refractivity contribution in [1.82, 2.24) is 0 Å². The van der Waals surface area contributed by atoms with Crippen LogP contribution in [0.1, 0.15) is 0 Å². The molecule has 0 amide bonds. The lowest BCUT2D eigenvalue weighted by molar-refractivity contribution is -0.165. The number of carboxylic acids is 2. The van der Waals surface area contributed by atoms with Gasteiger partial charge in [0.15, 0.2) is 17.5 Å². The molecule has 0 aromatic rings. The molecule has 0 spiro atoms. The highest BCUT2D eigenvalue weighted by Gasteiger charge is 2.29. The van der Waals surface area contributed by atoms with Crippen molar-refractivity contribution in [3.8, 4) is 0 Å². The summed E-state index contributed by atoms with van der Waals surface area (Å²) in [5, 5.41) is 40.4. The average molecular weight is 197 g/mol. The van der Waals surface area contributed by atoms with Gasteiger partial charge in [0, 0.05) is 0 Å². The predicted octanol–water partition coefficient (Wildman–Crippen LogP) is -1.98. The minimum atomic E-state index is -2.27. The zero-order chi connectivity index (χ0) is 11.0. The number of aliphatic hydroxyl groups excluding tert-OH is 2. The van der Waals surface area contributed by atoms with Crippen molar-refractivity contribution in [1.29, 1.82) is 0 Å². The van der Waals surface area contributed by atoms with Crippen molar-refractivity contribution in [3.63, 3.8) is 0 Å². The van der Waals surface area contributed by atoms with Gasteiger partial charge in [-0.15, -0.1) is 4.91 Å². The Hall–Kier alpha value is -1.74. The molecule has 9 nitrogen and oxygen atoms in total. The predicted molar refractivity (Wildman–Crippen MR) is 34.9 cm³/mol. The summed E-state index contributed by atoms with van der Waals surface area (Å²) in [6.07, 6.45) is -4.53. The van der Waals surface area contributed by atoms with Crippen molar-refractivity contribution in [2.75, 3.05) is 0 Å². The standard InChI is InChI=1S/C4H6O6.HNO2/c5-1(3(7)8)2(6)4(9)10;2-1-3/h1-2,5-6H,(H,7,8)(H,9,10);(H,2,3). The molecule has 0 aliphatic rings. The van der Waals surface area contributed by atoms with Crippen LogP contribution < -0.4 is 0 Å². The number of nitrogens with zero attached hydrogens (tertiary/aromatic N) is 1. The number of aliphatic carboxylic acids is 2. The molecule has 0 aliphatic carbocycles. The van der Waals surface area contributed by atoms with E-state index in [1.54, 1.807) is 0 Å². The summed E-state index contributed by atoms with van der Waals surface area (Å²) in [5.74, 6) is -3.54. The molecule has 0 aromatic carbocycles. The van der Waals surface area contributed by atoms with Crippen LogP contribution in [0.5, 0.6) is 0 Å². The van der Waals surface area contributed by atoms with Crippen LogP contribution in [0, 0.1) is 4.91 Å². The maximum atomic E-state index is 9.77. The Bertz CT molecular complexity index is 173. The smallest absolute Gasteiger partial charge is 0.335 e. The Morgan fingerprint density at radius 1 is 1.00 bits per heavy atom. The van der Waals surface area contributed by atoms with Gasteiger partial charge < -0.3 is 25.6 Å². The first-order chi connectivity index (χ1) is 5.88. The van der Waals surface area contributed by atoms with Gasteiger partial charge in [-0.3, -0.25) is 0 Å². The summed E-state index contributed by atoms with van der Waals surface area (Å²) in [6.45, 7) is 0. The molecule has 0 saturated heterocycles. The van der Waals surface area contributed by atoms with Crippen LogP contribution in [0.2, 0.25) is 0 Å². The topological polar surface area (TPSA) is 165 Å². The van der Waals surface area contributed by atoms with Crippen LogP contribution in [0.3, 0.4) is 0 Å². The lowest BCUT2D eigenvalue weighted by Crippen LogP contribution is -2.39. The van der Waals surface area contributed by atoms with E-state index < -0.39 is 24.1 Å². The van der Waals surface area contributed by atoms with Gasteiger partial charge in [0.1, 0.15) is 0 Å². The van der Waals surface area contributed by atoms with Crippen LogP contribution in [-0.4, -0.2) is 49.8 Å². The van der Waals surface area contributed by atoms with Gasteiger partial charge in [0.2, 0.25) is 0 Å². The van der Waals surface area contributed by atoms with E-state index in [0.717, 1.165) is 0 Å². The van der Waals surface area contributed by atoms with Gasteiger partial charge in [0.25, 0.3) is 0 Å². The van der Waals surface area contributed by atoms with E-state index in [1.165, 1.54) is 5.34 Å².